The molecule has 0 amide bonds. The molecular weight excluding hydrogens is 271 g/mol. The highest BCUT2D eigenvalue weighted by Gasteiger charge is 2.30. The normalized spacial score (nSPS) is 11.6. The SMILES string of the molecule is FC(F)(F)Cn1ncnc1Oc1cccc(Cl)c1. The maximum absolute atomic E-state index is 12.2. The molecular formula is C10H7ClF3N3O. The maximum Gasteiger partial charge on any atom is 0.408 e. The molecule has 0 N–H and O–H groups in total. The Morgan fingerprint density at radius 3 is 2.78 bits per heavy atom. The summed E-state index contributed by atoms with van der Waals surface area (Å²) >= 11 is 5.73. The molecule has 0 atom stereocenters. The predicted molar refractivity (Wildman–Crippen MR) is 57.6 cm³/mol. The van der Waals surface area contributed by atoms with Gasteiger partial charge in [-0.15, -0.1) is 0 Å². The lowest BCUT2D eigenvalue weighted by Crippen LogP contribution is -2.19. The quantitative estimate of drug-likeness (QED) is 0.864. The Hall–Kier alpha value is -1.76. The minimum Gasteiger partial charge on any atom is -0.424 e. The summed E-state index contributed by atoms with van der Waals surface area (Å²) in [5, 5.41) is 3.86. The van der Waals surface area contributed by atoms with Crippen molar-refractivity contribution in [3.63, 3.8) is 0 Å². The van der Waals surface area contributed by atoms with Gasteiger partial charge in [0.05, 0.1) is 0 Å². The Morgan fingerprint density at radius 2 is 2.11 bits per heavy atom. The van der Waals surface area contributed by atoms with Crippen LogP contribution >= 0.6 is 11.6 Å². The van der Waals surface area contributed by atoms with Crippen molar-refractivity contribution in [3.8, 4) is 11.8 Å². The Labute approximate surface area is 105 Å². The van der Waals surface area contributed by atoms with Crippen LogP contribution in [-0.4, -0.2) is 20.9 Å². The lowest BCUT2D eigenvalue weighted by molar-refractivity contribution is -0.143. The third-order valence-electron chi connectivity index (χ3n) is 1.91. The van der Waals surface area contributed by atoms with Crippen molar-refractivity contribution in [2.75, 3.05) is 0 Å². The van der Waals surface area contributed by atoms with E-state index in [1.807, 2.05) is 0 Å². The summed E-state index contributed by atoms with van der Waals surface area (Å²) in [6, 6.07) is 6.01. The third kappa shape index (κ3) is 3.36. The van der Waals surface area contributed by atoms with Crippen molar-refractivity contribution >= 4 is 11.6 Å². The van der Waals surface area contributed by atoms with Crippen LogP contribution in [0.2, 0.25) is 5.02 Å². The minimum atomic E-state index is -4.39. The summed E-state index contributed by atoms with van der Waals surface area (Å²) in [7, 11) is 0. The van der Waals surface area contributed by atoms with Crippen molar-refractivity contribution in [1.82, 2.24) is 14.8 Å². The standard InChI is InChI=1S/C10H7ClF3N3O/c11-7-2-1-3-8(4-7)18-9-15-6-16-17(9)5-10(12,13)14/h1-4,6H,5H2. The molecule has 96 valence electrons. The van der Waals surface area contributed by atoms with E-state index in [0.29, 0.717) is 15.5 Å². The average molecular weight is 278 g/mol. The van der Waals surface area contributed by atoms with E-state index in [1.54, 1.807) is 18.2 Å². The first-order valence-corrected chi connectivity index (χ1v) is 5.20. The number of nitrogens with zero attached hydrogens (tertiary/aromatic N) is 3. The first-order valence-electron chi connectivity index (χ1n) is 4.82. The molecule has 1 heterocycles. The Bertz CT molecular complexity index is 541. The van der Waals surface area contributed by atoms with Gasteiger partial charge >= 0.3 is 12.2 Å². The van der Waals surface area contributed by atoms with Crippen molar-refractivity contribution in [1.29, 1.82) is 0 Å². The molecule has 4 nitrogen and oxygen atoms in total. The highest BCUT2D eigenvalue weighted by molar-refractivity contribution is 6.30. The summed E-state index contributed by atoms with van der Waals surface area (Å²) in [4.78, 5) is 3.61. The number of alkyl halides is 3. The van der Waals surface area contributed by atoms with E-state index in [-0.39, 0.29) is 6.01 Å². The molecule has 0 unspecified atom stereocenters. The van der Waals surface area contributed by atoms with Crippen LogP contribution in [0.1, 0.15) is 0 Å². The summed E-state index contributed by atoms with van der Waals surface area (Å²) in [6.07, 6.45) is -3.40. The molecule has 0 saturated heterocycles. The van der Waals surface area contributed by atoms with Gasteiger partial charge in [0.1, 0.15) is 18.6 Å². The van der Waals surface area contributed by atoms with Crippen LogP contribution in [-0.2, 0) is 6.54 Å². The van der Waals surface area contributed by atoms with Gasteiger partial charge in [0.25, 0.3) is 0 Å². The molecule has 2 aromatic rings. The van der Waals surface area contributed by atoms with Gasteiger partial charge in [-0.2, -0.15) is 23.3 Å². The predicted octanol–water partition coefficient (Wildman–Crippen LogP) is 3.29. The molecule has 0 aliphatic carbocycles. The van der Waals surface area contributed by atoms with Crippen LogP contribution in [0.5, 0.6) is 11.8 Å². The van der Waals surface area contributed by atoms with Crippen molar-refractivity contribution < 1.29 is 17.9 Å². The number of hydrogen-bond donors (Lipinski definition) is 0. The maximum atomic E-state index is 12.2. The lowest BCUT2D eigenvalue weighted by atomic mass is 10.3. The van der Waals surface area contributed by atoms with Crippen molar-refractivity contribution in [3.05, 3.63) is 35.6 Å². The molecule has 0 radical (unpaired) electrons. The topological polar surface area (TPSA) is 39.9 Å². The van der Waals surface area contributed by atoms with Gasteiger partial charge in [-0.05, 0) is 18.2 Å². The van der Waals surface area contributed by atoms with Crippen LogP contribution in [0.15, 0.2) is 30.6 Å². The van der Waals surface area contributed by atoms with Gasteiger partial charge in [-0.1, -0.05) is 17.7 Å². The number of ether oxygens (including phenoxy) is 1. The zero-order valence-electron chi connectivity index (χ0n) is 8.86. The van der Waals surface area contributed by atoms with Gasteiger partial charge in [-0.3, -0.25) is 0 Å². The van der Waals surface area contributed by atoms with Crippen molar-refractivity contribution in [2.45, 2.75) is 12.7 Å². The van der Waals surface area contributed by atoms with E-state index in [0.717, 1.165) is 6.33 Å². The molecule has 0 bridgehead atoms. The van der Waals surface area contributed by atoms with Crippen LogP contribution in [0.25, 0.3) is 0 Å². The molecule has 0 aliphatic rings. The second-order valence-electron chi connectivity index (χ2n) is 3.37. The molecule has 0 fully saturated rings. The van der Waals surface area contributed by atoms with E-state index < -0.39 is 12.7 Å². The van der Waals surface area contributed by atoms with Gasteiger partial charge in [0.15, 0.2) is 0 Å². The first-order chi connectivity index (χ1) is 8.44. The minimum absolute atomic E-state index is 0.241. The fraction of sp³-hybridized carbons (Fsp3) is 0.200. The van der Waals surface area contributed by atoms with Gasteiger partial charge < -0.3 is 4.74 Å². The van der Waals surface area contributed by atoms with E-state index >= 15 is 0 Å². The van der Waals surface area contributed by atoms with Crippen LogP contribution < -0.4 is 4.74 Å². The smallest absolute Gasteiger partial charge is 0.408 e. The molecule has 1 aromatic heterocycles. The summed E-state index contributed by atoms with van der Waals surface area (Å²) in [5.41, 5.74) is 0. The van der Waals surface area contributed by atoms with Gasteiger partial charge in [0.2, 0.25) is 0 Å². The molecule has 1 aromatic carbocycles. The number of halogens is 4. The second-order valence-corrected chi connectivity index (χ2v) is 3.81. The van der Waals surface area contributed by atoms with E-state index in [1.165, 1.54) is 6.07 Å². The Morgan fingerprint density at radius 1 is 1.33 bits per heavy atom. The zero-order chi connectivity index (χ0) is 13.2. The van der Waals surface area contributed by atoms with E-state index in [4.69, 9.17) is 16.3 Å². The summed E-state index contributed by atoms with van der Waals surface area (Å²) < 4.78 is 42.5. The zero-order valence-corrected chi connectivity index (χ0v) is 9.61. The monoisotopic (exact) mass is 277 g/mol. The van der Waals surface area contributed by atoms with E-state index in [9.17, 15) is 13.2 Å². The average Bonchev–Trinajstić information content (AvgIpc) is 2.63. The molecule has 18 heavy (non-hydrogen) atoms. The van der Waals surface area contributed by atoms with Gasteiger partial charge in [0, 0.05) is 5.02 Å². The highest BCUT2D eigenvalue weighted by atomic mass is 35.5. The fourth-order valence-corrected chi connectivity index (χ4v) is 1.43. The molecule has 8 heteroatoms. The fourth-order valence-electron chi connectivity index (χ4n) is 1.25. The second kappa shape index (κ2) is 4.85. The van der Waals surface area contributed by atoms with Crippen LogP contribution in [0.4, 0.5) is 13.2 Å². The Kier molecular flexibility index (Phi) is 3.42. The first kappa shape index (κ1) is 12.7. The number of hydrogen-bond acceptors (Lipinski definition) is 3. The molecule has 0 aliphatic heterocycles. The third-order valence-corrected chi connectivity index (χ3v) is 2.15. The van der Waals surface area contributed by atoms with Gasteiger partial charge in [-0.25, -0.2) is 4.68 Å². The number of benzene rings is 1. The molecule has 0 saturated carbocycles. The van der Waals surface area contributed by atoms with E-state index in [2.05, 4.69) is 10.1 Å². The van der Waals surface area contributed by atoms with Crippen molar-refractivity contribution in [2.24, 2.45) is 0 Å². The van der Waals surface area contributed by atoms with Crippen LogP contribution in [0, 0.1) is 0 Å². The number of aromatic nitrogens is 3. The summed E-state index contributed by atoms with van der Waals surface area (Å²) in [6.45, 7) is -1.26. The largest absolute Gasteiger partial charge is 0.424 e. The summed E-state index contributed by atoms with van der Waals surface area (Å²) in [5.74, 6) is 0.291. The number of rotatable bonds is 3. The highest BCUT2D eigenvalue weighted by Crippen LogP contribution is 2.24. The lowest BCUT2D eigenvalue weighted by Gasteiger charge is -2.09. The van der Waals surface area contributed by atoms with Crippen LogP contribution in [0.3, 0.4) is 0 Å². The molecule has 0 spiro atoms. The Balaban J connectivity index is 2.17. The molecule has 2 rings (SSSR count).